The molecule has 2 aromatic rings. The number of carboxylic acids is 1. The molecule has 18 heavy (non-hydrogen) atoms. The Morgan fingerprint density at radius 2 is 2.11 bits per heavy atom. The molecule has 0 aliphatic heterocycles. The number of benzene rings is 1. The number of carbonyl (C=O) groups is 1. The molecule has 0 amide bonds. The van der Waals surface area contributed by atoms with Crippen LogP contribution >= 0.6 is 0 Å². The minimum absolute atomic E-state index is 0.116. The Morgan fingerprint density at radius 1 is 1.39 bits per heavy atom. The summed E-state index contributed by atoms with van der Waals surface area (Å²) >= 11 is 0. The summed E-state index contributed by atoms with van der Waals surface area (Å²) < 4.78 is 5.13. The second-order valence-electron chi connectivity index (χ2n) is 4.61. The average molecular weight is 244 g/mol. The molecule has 3 rings (SSSR count). The van der Waals surface area contributed by atoms with Gasteiger partial charge in [-0.2, -0.15) is 4.98 Å². The molecule has 1 heterocycles. The highest BCUT2D eigenvalue weighted by Crippen LogP contribution is 2.47. The predicted molar refractivity (Wildman–Crippen MR) is 63.0 cm³/mol. The predicted octanol–water partition coefficient (Wildman–Crippen LogP) is 2.23. The van der Waals surface area contributed by atoms with Gasteiger partial charge in [0.05, 0.1) is 11.8 Å². The van der Waals surface area contributed by atoms with Gasteiger partial charge in [0.1, 0.15) is 0 Å². The Balaban J connectivity index is 1.82. The Labute approximate surface area is 103 Å². The van der Waals surface area contributed by atoms with Crippen molar-refractivity contribution in [3.63, 3.8) is 0 Å². The zero-order chi connectivity index (χ0) is 12.7. The van der Waals surface area contributed by atoms with Gasteiger partial charge in [-0.05, 0) is 13.3 Å². The van der Waals surface area contributed by atoms with Gasteiger partial charge in [-0.25, -0.2) is 0 Å². The average Bonchev–Trinajstić information content (AvgIpc) is 3.02. The van der Waals surface area contributed by atoms with Crippen LogP contribution in [0.5, 0.6) is 0 Å². The Hall–Kier alpha value is -2.17. The number of hydrogen-bond acceptors (Lipinski definition) is 4. The fraction of sp³-hybridized carbons (Fsp3) is 0.308. The van der Waals surface area contributed by atoms with Crippen molar-refractivity contribution in [2.24, 2.45) is 5.92 Å². The van der Waals surface area contributed by atoms with Crippen molar-refractivity contribution in [1.82, 2.24) is 10.1 Å². The lowest BCUT2D eigenvalue weighted by Crippen LogP contribution is -1.98. The van der Waals surface area contributed by atoms with E-state index in [1.54, 1.807) is 0 Å². The molecule has 1 aromatic carbocycles. The lowest BCUT2D eigenvalue weighted by atomic mass is 10.1. The van der Waals surface area contributed by atoms with E-state index in [1.165, 1.54) is 0 Å². The Kier molecular flexibility index (Phi) is 2.40. The van der Waals surface area contributed by atoms with Crippen molar-refractivity contribution in [2.75, 3.05) is 0 Å². The summed E-state index contributed by atoms with van der Waals surface area (Å²) in [7, 11) is 0. The van der Waals surface area contributed by atoms with E-state index in [4.69, 9.17) is 9.63 Å². The maximum atomic E-state index is 10.8. The number of carboxylic acid groups (broad SMARTS) is 1. The van der Waals surface area contributed by atoms with E-state index < -0.39 is 5.97 Å². The molecule has 0 spiro atoms. The topological polar surface area (TPSA) is 76.2 Å². The second kappa shape index (κ2) is 3.94. The molecule has 1 aromatic heterocycles. The first-order valence-corrected chi connectivity index (χ1v) is 5.78. The van der Waals surface area contributed by atoms with E-state index in [0.717, 1.165) is 11.1 Å². The van der Waals surface area contributed by atoms with E-state index in [0.29, 0.717) is 18.1 Å². The molecule has 5 nitrogen and oxygen atoms in total. The third kappa shape index (κ3) is 1.88. The largest absolute Gasteiger partial charge is 0.481 e. The van der Waals surface area contributed by atoms with Gasteiger partial charge in [-0.3, -0.25) is 4.79 Å². The minimum atomic E-state index is -0.796. The molecular formula is C13H12N2O3. The zero-order valence-electron chi connectivity index (χ0n) is 9.83. The van der Waals surface area contributed by atoms with E-state index in [-0.39, 0.29) is 11.8 Å². The van der Waals surface area contributed by atoms with Crippen molar-refractivity contribution < 1.29 is 14.4 Å². The van der Waals surface area contributed by atoms with E-state index in [9.17, 15) is 4.79 Å². The molecule has 0 bridgehead atoms. The number of aryl methyl sites for hydroxylation is 1. The summed E-state index contributed by atoms with van der Waals surface area (Å²) in [6.45, 7) is 2.01. The number of nitrogens with zero attached hydrogens (tertiary/aromatic N) is 2. The Bertz CT molecular complexity index is 589. The van der Waals surface area contributed by atoms with E-state index >= 15 is 0 Å². The quantitative estimate of drug-likeness (QED) is 0.895. The van der Waals surface area contributed by atoms with Crippen LogP contribution in [0.3, 0.4) is 0 Å². The fourth-order valence-electron chi connectivity index (χ4n) is 1.95. The fourth-order valence-corrected chi connectivity index (χ4v) is 1.95. The van der Waals surface area contributed by atoms with Gasteiger partial charge in [0.25, 0.3) is 0 Å². The highest BCUT2D eigenvalue weighted by molar-refractivity contribution is 5.74. The van der Waals surface area contributed by atoms with Crippen LogP contribution in [0.15, 0.2) is 28.8 Å². The van der Waals surface area contributed by atoms with Gasteiger partial charge in [0, 0.05) is 5.56 Å². The summed E-state index contributed by atoms with van der Waals surface area (Å²) in [5.41, 5.74) is 2.04. The van der Waals surface area contributed by atoms with E-state index in [1.807, 2.05) is 31.2 Å². The molecule has 1 N–H and O–H groups in total. The summed E-state index contributed by atoms with van der Waals surface area (Å²) in [4.78, 5) is 15.0. The van der Waals surface area contributed by atoms with Crippen LogP contribution in [0.4, 0.5) is 0 Å². The van der Waals surface area contributed by atoms with Crippen molar-refractivity contribution >= 4 is 5.97 Å². The monoisotopic (exact) mass is 244 g/mol. The van der Waals surface area contributed by atoms with Crippen LogP contribution < -0.4 is 0 Å². The molecule has 0 saturated heterocycles. The van der Waals surface area contributed by atoms with E-state index in [2.05, 4.69) is 10.1 Å². The van der Waals surface area contributed by atoms with Gasteiger partial charge < -0.3 is 9.63 Å². The molecule has 1 saturated carbocycles. The normalized spacial score (nSPS) is 21.8. The standard InChI is InChI=1S/C13H12N2O3/c1-7-2-4-8(5-3-7)11-14-12(18-15-11)9-6-10(9)13(16)17/h2-5,9-10H,6H2,1H3,(H,16,17). The van der Waals surface area contributed by atoms with Gasteiger partial charge in [-0.1, -0.05) is 35.0 Å². The summed E-state index contributed by atoms with van der Waals surface area (Å²) in [5.74, 6) is -0.334. The SMILES string of the molecule is Cc1ccc(-c2noc(C3CC3C(=O)O)n2)cc1. The first-order valence-electron chi connectivity index (χ1n) is 5.78. The van der Waals surface area contributed by atoms with Crippen LogP contribution in [0.1, 0.15) is 23.8 Å². The smallest absolute Gasteiger partial charge is 0.307 e. The molecule has 5 heteroatoms. The maximum absolute atomic E-state index is 10.8. The molecule has 2 atom stereocenters. The highest BCUT2D eigenvalue weighted by atomic mass is 16.5. The van der Waals surface area contributed by atoms with Gasteiger partial charge in [-0.15, -0.1) is 0 Å². The number of rotatable bonds is 3. The molecule has 1 aliphatic rings. The van der Waals surface area contributed by atoms with Crippen LogP contribution in [0.25, 0.3) is 11.4 Å². The molecule has 92 valence electrons. The maximum Gasteiger partial charge on any atom is 0.307 e. The number of aromatic nitrogens is 2. The van der Waals surface area contributed by atoms with Crippen LogP contribution in [0.2, 0.25) is 0 Å². The van der Waals surface area contributed by atoms with Crippen LogP contribution in [-0.2, 0) is 4.79 Å². The molecule has 2 unspecified atom stereocenters. The first kappa shape index (κ1) is 11.0. The molecule has 0 radical (unpaired) electrons. The van der Waals surface area contributed by atoms with Gasteiger partial charge in [0.2, 0.25) is 11.7 Å². The van der Waals surface area contributed by atoms with Crippen LogP contribution in [0, 0.1) is 12.8 Å². The molecule has 1 aliphatic carbocycles. The summed E-state index contributed by atoms with van der Waals surface area (Å²) in [6, 6.07) is 7.79. The number of hydrogen-bond donors (Lipinski definition) is 1. The highest BCUT2D eigenvalue weighted by Gasteiger charge is 2.48. The van der Waals surface area contributed by atoms with Gasteiger partial charge >= 0.3 is 5.97 Å². The lowest BCUT2D eigenvalue weighted by molar-refractivity contribution is -0.138. The molecular weight excluding hydrogens is 232 g/mol. The Morgan fingerprint density at radius 3 is 2.72 bits per heavy atom. The number of aliphatic carboxylic acids is 1. The first-order chi connectivity index (χ1) is 8.65. The minimum Gasteiger partial charge on any atom is -0.481 e. The third-order valence-electron chi connectivity index (χ3n) is 3.18. The summed E-state index contributed by atoms with van der Waals surface area (Å²) in [5, 5.41) is 12.7. The van der Waals surface area contributed by atoms with Gasteiger partial charge in [0.15, 0.2) is 0 Å². The van der Waals surface area contributed by atoms with Crippen molar-refractivity contribution in [3.05, 3.63) is 35.7 Å². The lowest BCUT2D eigenvalue weighted by Gasteiger charge is -1.94. The zero-order valence-corrected chi connectivity index (χ0v) is 9.83. The van der Waals surface area contributed by atoms with Crippen LogP contribution in [-0.4, -0.2) is 21.2 Å². The van der Waals surface area contributed by atoms with Crippen molar-refractivity contribution in [2.45, 2.75) is 19.3 Å². The third-order valence-corrected chi connectivity index (χ3v) is 3.18. The van der Waals surface area contributed by atoms with Crippen molar-refractivity contribution in [3.8, 4) is 11.4 Å². The molecule has 1 fully saturated rings. The second-order valence-corrected chi connectivity index (χ2v) is 4.61. The summed E-state index contributed by atoms with van der Waals surface area (Å²) in [6.07, 6.45) is 0.588. The van der Waals surface area contributed by atoms with Crippen molar-refractivity contribution in [1.29, 1.82) is 0 Å².